The third kappa shape index (κ3) is 3.98. The molecular formula is C14H11ClFNOS. The fraction of sp³-hybridized carbons (Fsp3) is 0.0714. The van der Waals surface area contributed by atoms with Crippen LogP contribution in [0.4, 0.5) is 10.1 Å². The van der Waals surface area contributed by atoms with Crippen molar-refractivity contribution in [1.82, 2.24) is 0 Å². The van der Waals surface area contributed by atoms with Crippen LogP contribution in [-0.2, 0) is 11.2 Å². The van der Waals surface area contributed by atoms with Gasteiger partial charge in [-0.1, -0.05) is 23.7 Å². The molecule has 0 atom stereocenters. The molecule has 1 N–H and O–H groups in total. The maximum absolute atomic E-state index is 13.5. The first-order chi connectivity index (χ1) is 9.04. The van der Waals surface area contributed by atoms with Gasteiger partial charge < -0.3 is 5.32 Å². The van der Waals surface area contributed by atoms with Crippen LogP contribution in [0.25, 0.3) is 0 Å². The highest BCUT2D eigenvalue weighted by Gasteiger charge is 2.08. The SMILES string of the molecule is O=C(Cc1ccc(S)cc1)Nc1ccc(Cl)cc1F. The molecule has 0 saturated carbocycles. The van der Waals surface area contributed by atoms with Crippen LogP contribution < -0.4 is 5.32 Å². The molecule has 2 rings (SSSR count). The first kappa shape index (κ1) is 13.9. The lowest BCUT2D eigenvalue weighted by atomic mass is 10.1. The van der Waals surface area contributed by atoms with Crippen molar-refractivity contribution in [2.24, 2.45) is 0 Å². The Morgan fingerprint density at radius 3 is 2.53 bits per heavy atom. The normalized spacial score (nSPS) is 10.3. The Balaban J connectivity index is 2.03. The van der Waals surface area contributed by atoms with Crippen molar-refractivity contribution in [2.45, 2.75) is 11.3 Å². The van der Waals surface area contributed by atoms with Crippen molar-refractivity contribution in [3.8, 4) is 0 Å². The number of nitrogens with one attached hydrogen (secondary N) is 1. The number of thiol groups is 1. The van der Waals surface area contributed by atoms with Crippen molar-refractivity contribution in [3.63, 3.8) is 0 Å². The van der Waals surface area contributed by atoms with Crippen molar-refractivity contribution in [3.05, 3.63) is 58.9 Å². The Labute approximate surface area is 121 Å². The second kappa shape index (κ2) is 6.08. The van der Waals surface area contributed by atoms with E-state index in [0.717, 1.165) is 16.5 Å². The molecule has 2 nitrogen and oxygen atoms in total. The zero-order valence-electron chi connectivity index (χ0n) is 9.86. The molecule has 0 aliphatic carbocycles. The van der Waals surface area contributed by atoms with E-state index in [9.17, 15) is 9.18 Å². The van der Waals surface area contributed by atoms with Gasteiger partial charge in [-0.3, -0.25) is 4.79 Å². The molecule has 2 aromatic rings. The summed E-state index contributed by atoms with van der Waals surface area (Å²) in [7, 11) is 0. The Bertz CT molecular complexity index is 601. The summed E-state index contributed by atoms with van der Waals surface area (Å²) in [5, 5.41) is 2.80. The lowest BCUT2D eigenvalue weighted by molar-refractivity contribution is -0.115. The minimum atomic E-state index is -0.549. The smallest absolute Gasteiger partial charge is 0.228 e. The Hall–Kier alpha value is -1.52. The van der Waals surface area contributed by atoms with Crippen LogP contribution in [0, 0.1) is 5.82 Å². The number of anilines is 1. The number of halogens is 2. The van der Waals surface area contributed by atoms with Crippen LogP contribution in [0.3, 0.4) is 0 Å². The fourth-order valence-electron chi connectivity index (χ4n) is 1.58. The van der Waals surface area contributed by atoms with Gasteiger partial charge in [0.2, 0.25) is 5.91 Å². The van der Waals surface area contributed by atoms with Crippen LogP contribution >= 0.6 is 24.2 Å². The molecule has 1 amide bonds. The second-order valence-electron chi connectivity index (χ2n) is 4.02. The highest BCUT2D eigenvalue weighted by atomic mass is 35.5. The van der Waals surface area contributed by atoms with Gasteiger partial charge in [0.05, 0.1) is 12.1 Å². The Morgan fingerprint density at radius 2 is 1.89 bits per heavy atom. The largest absolute Gasteiger partial charge is 0.323 e. The van der Waals surface area contributed by atoms with Crippen molar-refractivity contribution in [1.29, 1.82) is 0 Å². The quantitative estimate of drug-likeness (QED) is 0.825. The van der Waals surface area contributed by atoms with E-state index in [-0.39, 0.29) is 18.0 Å². The zero-order valence-corrected chi connectivity index (χ0v) is 11.5. The minimum absolute atomic E-state index is 0.125. The topological polar surface area (TPSA) is 29.1 Å². The van der Waals surface area contributed by atoms with Gasteiger partial charge in [-0.25, -0.2) is 4.39 Å². The van der Waals surface area contributed by atoms with Gasteiger partial charge in [-0.15, -0.1) is 12.6 Å². The molecule has 0 unspecified atom stereocenters. The molecule has 98 valence electrons. The van der Waals surface area contributed by atoms with Crippen molar-refractivity contribution < 1.29 is 9.18 Å². The predicted molar refractivity (Wildman–Crippen MR) is 77.4 cm³/mol. The first-order valence-corrected chi connectivity index (χ1v) is 6.40. The Morgan fingerprint density at radius 1 is 1.21 bits per heavy atom. The lowest BCUT2D eigenvalue weighted by Gasteiger charge is -2.07. The highest BCUT2D eigenvalue weighted by molar-refractivity contribution is 7.80. The van der Waals surface area contributed by atoms with E-state index in [2.05, 4.69) is 17.9 Å². The summed E-state index contributed by atoms with van der Waals surface area (Å²) in [5.74, 6) is -0.834. The zero-order chi connectivity index (χ0) is 13.8. The average molecular weight is 296 g/mol. The van der Waals surface area contributed by atoms with E-state index in [1.807, 2.05) is 0 Å². The van der Waals surface area contributed by atoms with Crippen molar-refractivity contribution >= 4 is 35.8 Å². The molecule has 0 aliphatic rings. The number of carbonyl (C=O) groups excluding carboxylic acids is 1. The summed E-state index contributed by atoms with van der Waals surface area (Å²) in [4.78, 5) is 12.6. The number of hydrogen-bond donors (Lipinski definition) is 2. The van der Waals surface area contributed by atoms with Gasteiger partial charge in [0.25, 0.3) is 0 Å². The molecule has 0 spiro atoms. The lowest BCUT2D eigenvalue weighted by Crippen LogP contribution is -2.15. The molecule has 0 fully saturated rings. The van der Waals surface area contributed by atoms with Gasteiger partial charge in [0.15, 0.2) is 0 Å². The molecular weight excluding hydrogens is 285 g/mol. The van der Waals surface area contributed by atoms with Crippen LogP contribution in [0.2, 0.25) is 5.02 Å². The van der Waals surface area contributed by atoms with Crippen LogP contribution in [0.15, 0.2) is 47.4 Å². The number of carbonyl (C=O) groups is 1. The summed E-state index contributed by atoms with van der Waals surface area (Å²) in [6, 6.07) is 11.3. The number of hydrogen-bond acceptors (Lipinski definition) is 2. The van der Waals surface area contributed by atoms with E-state index in [0.29, 0.717) is 5.02 Å². The van der Waals surface area contributed by atoms with E-state index in [1.165, 1.54) is 12.1 Å². The fourth-order valence-corrected chi connectivity index (χ4v) is 1.89. The molecule has 5 heteroatoms. The summed E-state index contributed by atoms with van der Waals surface area (Å²) in [6.45, 7) is 0. The predicted octanol–water partition coefficient (Wildman–Crippen LogP) is 3.95. The third-order valence-corrected chi connectivity index (χ3v) is 3.04. The number of amides is 1. The molecule has 0 heterocycles. The summed E-state index contributed by atoms with van der Waals surface area (Å²) < 4.78 is 13.5. The van der Waals surface area contributed by atoms with Gasteiger partial charge in [-0.05, 0) is 35.9 Å². The molecule has 19 heavy (non-hydrogen) atoms. The first-order valence-electron chi connectivity index (χ1n) is 5.57. The van der Waals surface area contributed by atoms with Crippen LogP contribution in [0.5, 0.6) is 0 Å². The Kier molecular flexibility index (Phi) is 4.45. The molecule has 0 bridgehead atoms. The minimum Gasteiger partial charge on any atom is -0.323 e. The van der Waals surface area contributed by atoms with Crippen LogP contribution in [0.1, 0.15) is 5.56 Å². The highest BCUT2D eigenvalue weighted by Crippen LogP contribution is 2.19. The molecule has 0 aliphatic heterocycles. The summed E-state index contributed by atoms with van der Waals surface area (Å²) >= 11 is 9.80. The average Bonchev–Trinajstić information content (AvgIpc) is 2.36. The number of benzene rings is 2. The monoisotopic (exact) mass is 295 g/mol. The van der Waals surface area contributed by atoms with Crippen molar-refractivity contribution in [2.75, 3.05) is 5.32 Å². The van der Waals surface area contributed by atoms with Gasteiger partial charge in [-0.2, -0.15) is 0 Å². The molecule has 0 aromatic heterocycles. The van der Waals surface area contributed by atoms with E-state index in [4.69, 9.17) is 11.6 Å². The van der Waals surface area contributed by atoms with Gasteiger partial charge in [0.1, 0.15) is 5.82 Å². The molecule has 0 saturated heterocycles. The van der Waals surface area contributed by atoms with E-state index in [1.54, 1.807) is 24.3 Å². The standard InChI is InChI=1S/C14H11ClFNOS/c15-10-3-6-13(12(16)8-10)17-14(18)7-9-1-4-11(19)5-2-9/h1-6,8,19H,7H2,(H,17,18). The number of rotatable bonds is 3. The maximum atomic E-state index is 13.5. The molecule has 0 radical (unpaired) electrons. The second-order valence-corrected chi connectivity index (χ2v) is 4.97. The van der Waals surface area contributed by atoms with E-state index < -0.39 is 5.82 Å². The third-order valence-electron chi connectivity index (χ3n) is 2.51. The van der Waals surface area contributed by atoms with Crippen LogP contribution in [-0.4, -0.2) is 5.91 Å². The molecule has 2 aromatic carbocycles. The van der Waals surface area contributed by atoms with Gasteiger partial charge >= 0.3 is 0 Å². The van der Waals surface area contributed by atoms with Gasteiger partial charge in [0, 0.05) is 9.92 Å². The summed E-state index contributed by atoms with van der Waals surface area (Å²) in [5.41, 5.74) is 0.963. The summed E-state index contributed by atoms with van der Waals surface area (Å²) in [6.07, 6.45) is 0.177. The van der Waals surface area contributed by atoms with E-state index >= 15 is 0 Å². The maximum Gasteiger partial charge on any atom is 0.228 e.